The van der Waals surface area contributed by atoms with Crippen LogP contribution in [-0.4, -0.2) is 41.4 Å². The summed E-state index contributed by atoms with van der Waals surface area (Å²) in [5.74, 6) is -0.783. The molecule has 8 nitrogen and oxygen atoms in total. The summed E-state index contributed by atoms with van der Waals surface area (Å²) >= 11 is 0. The van der Waals surface area contributed by atoms with Crippen molar-refractivity contribution in [3.63, 3.8) is 0 Å². The predicted molar refractivity (Wildman–Crippen MR) is 130 cm³/mol. The second-order valence-electron chi connectivity index (χ2n) is 7.90. The van der Waals surface area contributed by atoms with Gasteiger partial charge in [-0.15, -0.1) is 18.3 Å². The number of anilines is 1. The van der Waals surface area contributed by atoms with Crippen molar-refractivity contribution in [2.24, 2.45) is 0 Å². The summed E-state index contributed by atoms with van der Waals surface area (Å²) in [6, 6.07) is 16.4. The van der Waals surface area contributed by atoms with Gasteiger partial charge in [0.25, 0.3) is 0 Å². The number of hydrogen-bond donors (Lipinski definition) is 1. The molecule has 0 spiro atoms. The Hall–Kier alpha value is -4.19. The number of carbonyl (C=O) groups excluding carboxylic acids is 1. The van der Waals surface area contributed by atoms with Crippen LogP contribution in [0.4, 0.5) is 18.9 Å². The van der Waals surface area contributed by atoms with E-state index in [1.165, 1.54) is 47.4 Å². The molecule has 1 amide bonds. The molecule has 0 aliphatic heterocycles. The number of nitrogens with zero attached hydrogens (tertiary/aromatic N) is 3. The fourth-order valence-corrected chi connectivity index (χ4v) is 4.52. The lowest BCUT2D eigenvalue weighted by Crippen LogP contribution is -2.17. The van der Waals surface area contributed by atoms with Crippen LogP contribution in [0.1, 0.15) is 12.5 Å². The molecule has 192 valence electrons. The molecule has 0 atom stereocenters. The molecule has 0 saturated carbocycles. The Labute approximate surface area is 210 Å². The number of sulfone groups is 1. The average Bonchev–Trinajstić information content (AvgIpc) is 3.39. The standard InChI is InChI=1S/C25H21F3N4O4S/c1-2-37(34,35)19-10-7-17(8-11-19)15-24(33)30-18-9-12-20(22(16-18)32-14-13-29-31-32)21-5-3-4-6-23(21)36-25(26,27)28/h3-14,16H,2,15H2,1H3,(H,30,33). The van der Waals surface area contributed by atoms with Crippen molar-refractivity contribution in [3.05, 3.63) is 84.7 Å². The Morgan fingerprint density at radius 2 is 1.76 bits per heavy atom. The molecule has 0 fully saturated rings. The molecule has 3 aromatic carbocycles. The predicted octanol–water partition coefficient (Wildman–Crippen LogP) is 4.81. The van der Waals surface area contributed by atoms with E-state index in [2.05, 4.69) is 20.4 Å². The van der Waals surface area contributed by atoms with Gasteiger partial charge in [-0.25, -0.2) is 13.1 Å². The minimum absolute atomic E-state index is 0.0187. The van der Waals surface area contributed by atoms with Gasteiger partial charge in [0.05, 0.1) is 35.2 Å². The third kappa shape index (κ3) is 6.33. The second-order valence-corrected chi connectivity index (χ2v) is 10.2. The molecule has 1 aromatic heterocycles. The fourth-order valence-electron chi connectivity index (χ4n) is 3.64. The summed E-state index contributed by atoms with van der Waals surface area (Å²) < 4.78 is 68.4. The number of para-hydroxylation sites is 1. The first-order valence-electron chi connectivity index (χ1n) is 11.0. The topological polar surface area (TPSA) is 103 Å². The van der Waals surface area contributed by atoms with Gasteiger partial charge in [0.1, 0.15) is 5.75 Å². The molecular weight excluding hydrogens is 509 g/mol. The van der Waals surface area contributed by atoms with Gasteiger partial charge < -0.3 is 10.1 Å². The molecule has 12 heteroatoms. The molecular formula is C25H21F3N4O4S. The van der Waals surface area contributed by atoms with Crippen LogP contribution in [0.3, 0.4) is 0 Å². The normalized spacial score (nSPS) is 11.8. The van der Waals surface area contributed by atoms with Crippen molar-refractivity contribution in [1.82, 2.24) is 15.0 Å². The molecule has 4 rings (SSSR count). The Morgan fingerprint density at radius 1 is 1.03 bits per heavy atom. The highest BCUT2D eigenvalue weighted by atomic mass is 32.2. The number of halogens is 3. The van der Waals surface area contributed by atoms with E-state index >= 15 is 0 Å². The SMILES string of the molecule is CCS(=O)(=O)c1ccc(CC(=O)Nc2ccc(-c3ccccc3OC(F)(F)F)c(-n3ccnn3)c2)cc1. The van der Waals surface area contributed by atoms with Crippen molar-refractivity contribution in [2.45, 2.75) is 24.6 Å². The highest BCUT2D eigenvalue weighted by Gasteiger charge is 2.32. The first-order valence-corrected chi connectivity index (χ1v) is 12.7. The van der Waals surface area contributed by atoms with Crippen LogP contribution in [-0.2, 0) is 21.1 Å². The fraction of sp³-hybridized carbons (Fsp3) is 0.160. The van der Waals surface area contributed by atoms with Gasteiger partial charge >= 0.3 is 6.36 Å². The first-order chi connectivity index (χ1) is 17.6. The van der Waals surface area contributed by atoms with Gasteiger partial charge in [-0.1, -0.05) is 48.5 Å². The first kappa shape index (κ1) is 25.9. The Bertz CT molecular complexity index is 1500. The zero-order valence-electron chi connectivity index (χ0n) is 19.4. The zero-order chi connectivity index (χ0) is 26.6. The third-order valence-corrected chi connectivity index (χ3v) is 7.13. The molecule has 0 aliphatic carbocycles. The van der Waals surface area contributed by atoms with Gasteiger partial charge in [0, 0.05) is 16.8 Å². The molecule has 0 unspecified atom stereocenters. The van der Waals surface area contributed by atoms with Crippen LogP contribution in [0.25, 0.3) is 16.8 Å². The van der Waals surface area contributed by atoms with Gasteiger partial charge in [0.2, 0.25) is 5.91 Å². The maximum Gasteiger partial charge on any atom is 0.573 e. The summed E-state index contributed by atoms with van der Waals surface area (Å²) in [5, 5.41) is 10.5. The lowest BCUT2D eigenvalue weighted by atomic mass is 10.0. The van der Waals surface area contributed by atoms with E-state index < -0.39 is 16.2 Å². The summed E-state index contributed by atoms with van der Waals surface area (Å²) in [6.07, 6.45) is -1.97. The number of ether oxygens (including phenoxy) is 1. The van der Waals surface area contributed by atoms with Gasteiger partial charge in [-0.3, -0.25) is 4.79 Å². The number of hydrogen-bond acceptors (Lipinski definition) is 6. The van der Waals surface area contributed by atoms with Crippen LogP contribution in [0, 0.1) is 0 Å². The smallest absolute Gasteiger partial charge is 0.405 e. The van der Waals surface area contributed by atoms with Crippen LogP contribution >= 0.6 is 0 Å². The van der Waals surface area contributed by atoms with Crippen LogP contribution in [0.15, 0.2) is 84.0 Å². The minimum atomic E-state index is -4.88. The monoisotopic (exact) mass is 530 g/mol. The van der Waals surface area contributed by atoms with E-state index in [-0.39, 0.29) is 34.3 Å². The Balaban J connectivity index is 1.61. The maximum atomic E-state index is 13.0. The van der Waals surface area contributed by atoms with Crippen LogP contribution < -0.4 is 10.1 Å². The van der Waals surface area contributed by atoms with E-state index in [4.69, 9.17) is 0 Å². The number of nitrogens with one attached hydrogen (secondary N) is 1. The Kier molecular flexibility index (Phi) is 7.30. The molecule has 0 radical (unpaired) electrons. The van der Waals surface area contributed by atoms with E-state index in [0.717, 1.165) is 0 Å². The van der Waals surface area contributed by atoms with E-state index in [1.54, 1.807) is 43.3 Å². The average molecular weight is 531 g/mol. The van der Waals surface area contributed by atoms with E-state index in [0.29, 0.717) is 22.5 Å². The number of amides is 1. The lowest BCUT2D eigenvalue weighted by molar-refractivity contribution is -0.274. The van der Waals surface area contributed by atoms with Crippen molar-refractivity contribution in [2.75, 3.05) is 11.1 Å². The van der Waals surface area contributed by atoms with Crippen molar-refractivity contribution < 1.29 is 31.1 Å². The zero-order valence-corrected chi connectivity index (χ0v) is 20.3. The molecule has 0 saturated heterocycles. The number of aromatic nitrogens is 3. The molecule has 4 aromatic rings. The van der Waals surface area contributed by atoms with Crippen LogP contribution in [0.2, 0.25) is 0 Å². The van der Waals surface area contributed by atoms with Crippen molar-refractivity contribution >= 4 is 21.4 Å². The third-order valence-electron chi connectivity index (χ3n) is 5.38. The quantitative estimate of drug-likeness (QED) is 0.351. The molecule has 0 bridgehead atoms. The summed E-state index contributed by atoms with van der Waals surface area (Å²) in [5.41, 5.74) is 1.89. The van der Waals surface area contributed by atoms with Crippen LogP contribution in [0.5, 0.6) is 5.75 Å². The number of alkyl halides is 3. The molecule has 0 aliphatic rings. The van der Waals surface area contributed by atoms with Gasteiger partial charge in [-0.2, -0.15) is 0 Å². The number of benzene rings is 3. The largest absolute Gasteiger partial charge is 0.573 e. The molecule has 37 heavy (non-hydrogen) atoms. The number of carbonyl (C=O) groups is 1. The van der Waals surface area contributed by atoms with Gasteiger partial charge in [0.15, 0.2) is 9.84 Å². The molecule has 1 heterocycles. The lowest BCUT2D eigenvalue weighted by Gasteiger charge is -2.17. The Morgan fingerprint density at radius 3 is 2.41 bits per heavy atom. The summed E-state index contributed by atoms with van der Waals surface area (Å²) in [6.45, 7) is 1.55. The highest BCUT2D eigenvalue weighted by molar-refractivity contribution is 7.91. The van der Waals surface area contributed by atoms with Crippen molar-refractivity contribution in [1.29, 1.82) is 0 Å². The van der Waals surface area contributed by atoms with E-state index in [9.17, 15) is 26.4 Å². The van der Waals surface area contributed by atoms with Crippen molar-refractivity contribution in [3.8, 4) is 22.6 Å². The second kappa shape index (κ2) is 10.4. The molecule has 1 N–H and O–H groups in total. The highest BCUT2D eigenvalue weighted by Crippen LogP contribution is 2.37. The summed E-state index contributed by atoms with van der Waals surface area (Å²) in [7, 11) is -3.34. The summed E-state index contributed by atoms with van der Waals surface area (Å²) in [4.78, 5) is 12.9. The minimum Gasteiger partial charge on any atom is -0.405 e. The number of rotatable bonds is 8. The van der Waals surface area contributed by atoms with Gasteiger partial charge in [-0.05, 0) is 35.9 Å². The maximum absolute atomic E-state index is 13.0. The van der Waals surface area contributed by atoms with E-state index in [1.807, 2.05) is 0 Å².